The maximum atomic E-state index is 12.6. The highest BCUT2D eigenvalue weighted by atomic mass is 32.2. The molecule has 0 aliphatic rings. The van der Waals surface area contributed by atoms with E-state index in [4.69, 9.17) is 0 Å². The Kier molecular flexibility index (Phi) is 6.07. The first-order chi connectivity index (χ1) is 11.6. The number of hydrogen-bond donors (Lipinski definition) is 1. The Hall–Kier alpha value is -1.65. The van der Waals surface area contributed by atoms with Crippen molar-refractivity contribution in [1.29, 1.82) is 0 Å². The van der Waals surface area contributed by atoms with E-state index in [1.165, 1.54) is 23.1 Å². The van der Waals surface area contributed by atoms with Gasteiger partial charge in [0.1, 0.15) is 6.04 Å². The van der Waals surface area contributed by atoms with Gasteiger partial charge in [0.25, 0.3) is 0 Å². The fourth-order valence-electron chi connectivity index (χ4n) is 2.44. The molecule has 136 valence electrons. The molecule has 1 N–H and O–H groups in total. The quantitative estimate of drug-likeness (QED) is 0.592. The number of amides is 1. The molecule has 0 spiro atoms. The van der Waals surface area contributed by atoms with Crippen LogP contribution in [-0.2, 0) is 14.8 Å². The van der Waals surface area contributed by atoms with Crippen LogP contribution in [0.5, 0.6) is 0 Å². The van der Waals surface area contributed by atoms with E-state index in [1.54, 1.807) is 19.1 Å². The molecule has 1 aromatic carbocycles. The van der Waals surface area contributed by atoms with Crippen LogP contribution in [0.3, 0.4) is 0 Å². The number of anilines is 2. The minimum Gasteiger partial charge on any atom is -0.299 e. The van der Waals surface area contributed by atoms with Gasteiger partial charge < -0.3 is 0 Å². The van der Waals surface area contributed by atoms with Gasteiger partial charge >= 0.3 is 0 Å². The van der Waals surface area contributed by atoms with Gasteiger partial charge in [-0.05, 0) is 50.3 Å². The Morgan fingerprint density at radius 1 is 1.24 bits per heavy atom. The van der Waals surface area contributed by atoms with E-state index in [-0.39, 0.29) is 0 Å². The van der Waals surface area contributed by atoms with Crippen LogP contribution in [0.1, 0.15) is 18.1 Å². The summed E-state index contributed by atoms with van der Waals surface area (Å²) in [5, 5.41) is 10.8. The van der Waals surface area contributed by atoms with Crippen LogP contribution < -0.4 is 9.62 Å². The van der Waals surface area contributed by atoms with Crippen LogP contribution in [0.15, 0.2) is 22.5 Å². The summed E-state index contributed by atoms with van der Waals surface area (Å²) in [5.41, 5.74) is 2.31. The topological polar surface area (TPSA) is 92.3 Å². The van der Waals surface area contributed by atoms with E-state index in [1.807, 2.05) is 26.2 Å². The summed E-state index contributed by atoms with van der Waals surface area (Å²) in [6, 6.07) is 4.50. The lowest BCUT2D eigenvalue weighted by Gasteiger charge is -2.28. The maximum absolute atomic E-state index is 12.6. The molecule has 2 aromatic rings. The van der Waals surface area contributed by atoms with Crippen LogP contribution in [0.25, 0.3) is 0 Å². The SMILES string of the molecule is CSc1nnc(NC(=O)[C@@H](C)N(c2cc(C)cc(C)c2)S(C)(=O)=O)s1. The van der Waals surface area contributed by atoms with Crippen molar-refractivity contribution in [3.63, 3.8) is 0 Å². The summed E-state index contributed by atoms with van der Waals surface area (Å²) in [7, 11) is -3.65. The van der Waals surface area contributed by atoms with Gasteiger partial charge in [0.15, 0.2) is 4.34 Å². The molecule has 10 heteroatoms. The smallest absolute Gasteiger partial charge is 0.249 e. The molecule has 0 saturated carbocycles. The highest BCUT2D eigenvalue weighted by Gasteiger charge is 2.30. The molecule has 0 radical (unpaired) electrons. The van der Waals surface area contributed by atoms with Crippen LogP contribution in [0.2, 0.25) is 0 Å². The highest BCUT2D eigenvalue weighted by Crippen LogP contribution is 2.26. The lowest BCUT2D eigenvalue weighted by molar-refractivity contribution is -0.116. The van der Waals surface area contributed by atoms with Crippen molar-refractivity contribution >= 4 is 49.8 Å². The van der Waals surface area contributed by atoms with Crippen molar-refractivity contribution in [3.05, 3.63) is 29.3 Å². The number of carbonyl (C=O) groups excluding carboxylic acids is 1. The normalized spacial score (nSPS) is 12.7. The number of thioether (sulfide) groups is 1. The Morgan fingerprint density at radius 2 is 1.84 bits per heavy atom. The number of rotatable bonds is 6. The molecule has 0 aliphatic heterocycles. The third-order valence-electron chi connectivity index (χ3n) is 3.36. The molecule has 0 bridgehead atoms. The van der Waals surface area contributed by atoms with E-state index < -0.39 is 22.0 Å². The number of aromatic nitrogens is 2. The second kappa shape index (κ2) is 7.71. The lowest BCUT2D eigenvalue weighted by atomic mass is 10.1. The van der Waals surface area contributed by atoms with Gasteiger partial charge in [0.2, 0.25) is 21.1 Å². The third-order valence-corrected chi connectivity index (χ3v) is 6.42. The van der Waals surface area contributed by atoms with Gasteiger partial charge in [-0.25, -0.2) is 8.42 Å². The number of nitrogens with zero attached hydrogens (tertiary/aromatic N) is 3. The van der Waals surface area contributed by atoms with Crippen LogP contribution in [0.4, 0.5) is 10.8 Å². The van der Waals surface area contributed by atoms with E-state index in [0.717, 1.165) is 26.0 Å². The highest BCUT2D eigenvalue weighted by molar-refractivity contribution is 8.00. The molecular weight excluding hydrogens is 380 g/mol. The zero-order valence-corrected chi connectivity index (χ0v) is 17.1. The van der Waals surface area contributed by atoms with E-state index >= 15 is 0 Å². The fourth-order valence-corrected chi connectivity index (χ4v) is 4.77. The molecule has 0 fully saturated rings. The summed E-state index contributed by atoms with van der Waals surface area (Å²) >= 11 is 2.66. The van der Waals surface area contributed by atoms with Crippen molar-refractivity contribution < 1.29 is 13.2 Å². The molecule has 0 aliphatic carbocycles. The fraction of sp³-hybridized carbons (Fsp3) is 0.400. The number of carbonyl (C=O) groups is 1. The Bertz CT molecular complexity index is 860. The molecule has 1 atom stereocenters. The largest absolute Gasteiger partial charge is 0.299 e. The van der Waals surface area contributed by atoms with Gasteiger partial charge in [-0.3, -0.25) is 14.4 Å². The van der Waals surface area contributed by atoms with Gasteiger partial charge in [-0.15, -0.1) is 10.2 Å². The number of nitrogens with one attached hydrogen (secondary N) is 1. The Morgan fingerprint density at radius 3 is 2.32 bits per heavy atom. The average molecular weight is 401 g/mol. The molecule has 1 aromatic heterocycles. The third kappa shape index (κ3) is 4.93. The lowest BCUT2D eigenvalue weighted by Crippen LogP contribution is -2.45. The summed E-state index contributed by atoms with van der Waals surface area (Å²) in [5.74, 6) is -0.464. The first kappa shape index (κ1) is 19.7. The van der Waals surface area contributed by atoms with E-state index in [0.29, 0.717) is 10.8 Å². The first-order valence-corrected chi connectivity index (χ1v) is 11.3. The number of benzene rings is 1. The minimum absolute atomic E-state index is 0.343. The Balaban J connectivity index is 2.32. The van der Waals surface area contributed by atoms with Gasteiger partial charge in [0.05, 0.1) is 11.9 Å². The molecule has 1 amide bonds. The minimum atomic E-state index is -3.65. The van der Waals surface area contributed by atoms with Crippen LogP contribution in [-0.4, -0.2) is 43.1 Å². The average Bonchev–Trinajstić information content (AvgIpc) is 2.92. The van der Waals surface area contributed by atoms with Crippen molar-refractivity contribution in [3.8, 4) is 0 Å². The monoisotopic (exact) mass is 400 g/mol. The molecule has 0 saturated heterocycles. The molecule has 2 rings (SSSR count). The second-order valence-electron chi connectivity index (χ2n) is 5.65. The standard InChI is InChI=1S/C15H20N4O3S3/c1-9-6-10(2)8-12(7-9)19(25(5,21)22)11(3)13(20)16-14-17-18-15(23-4)24-14/h6-8,11H,1-5H3,(H,16,17,20)/t11-/m1/s1. The van der Waals surface area contributed by atoms with E-state index in [2.05, 4.69) is 15.5 Å². The molecule has 25 heavy (non-hydrogen) atoms. The molecule has 0 unspecified atom stereocenters. The maximum Gasteiger partial charge on any atom is 0.249 e. The Labute approximate surface area is 155 Å². The second-order valence-corrected chi connectivity index (χ2v) is 9.54. The molecule has 7 nitrogen and oxygen atoms in total. The number of sulfonamides is 1. The zero-order valence-electron chi connectivity index (χ0n) is 14.6. The van der Waals surface area contributed by atoms with Crippen molar-refractivity contribution in [2.24, 2.45) is 0 Å². The van der Waals surface area contributed by atoms with Gasteiger partial charge in [-0.1, -0.05) is 29.2 Å². The van der Waals surface area contributed by atoms with Crippen molar-refractivity contribution in [1.82, 2.24) is 10.2 Å². The van der Waals surface area contributed by atoms with Gasteiger partial charge in [0, 0.05) is 0 Å². The predicted octanol–water partition coefficient (Wildman–Crippen LogP) is 2.67. The summed E-state index contributed by atoms with van der Waals surface area (Å²) in [4.78, 5) is 12.6. The zero-order chi connectivity index (χ0) is 18.8. The van der Waals surface area contributed by atoms with Crippen molar-refractivity contribution in [2.45, 2.75) is 31.2 Å². The van der Waals surface area contributed by atoms with Crippen LogP contribution in [0, 0.1) is 13.8 Å². The summed E-state index contributed by atoms with van der Waals surface area (Å²) < 4.78 is 26.5. The molecule has 1 heterocycles. The van der Waals surface area contributed by atoms with E-state index in [9.17, 15) is 13.2 Å². The van der Waals surface area contributed by atoms with Crippen molar-refractivity contribution in [2.75, 3.05) is 22.1 Å². The predicted molar refractivity (Wildman–Crippen MR) is 103 cm³/mol. The summed E-state index contributed by atoms with van der Waals surface area (Å²) in [6.07, 6.45) is 2.95. The number of aryl methyl sites for hydroxylation is 2. The number of hydrogen-bond acceptors (Lipinski definition) is 7. The summed E-state index contributed by atoms with van der Waals surface area (Å²) in [6.45, 7) is 5.31. The van der Waals surface area contributed by atoms with Gasteiger partial charge in [-0.2, -0.15) is 0 Å². The molecular formula is C15H20N4O3S3. The van der Waals surface area contributed by atoms with Crippen LogP contribution >= 0.6 is 23.1 Å². The first-order valence-electron chi connectivity index (χ1n) is 7.38.